The van der Waals surface area contributed by atoms with Gasteiger partial charge in [0.15, 0.2) is 17.3 Å². The third kappa shape index (κ3) is 4.23. The molecule has 0 saturated heterocycles. The molecule has 3 aromatic rings. The van der Waals surface area contributed by atoms with Crippen LogP contribution in [0.5, 0.6) is 17.2 Å². The summed E-state index contributed by atoms with van der Waals surface area (Å²) in [5.41, 5.74) is 1.15. The monoisotopic (exact) mass is 385 g/mol. The Balaban J connectivity index is 1.86. The van der Waals surface area contributed by atoms with Crippen LogP contribution >= 0.6 is 23.2 Å². The van der Waals surface area contributed by atoms with Crippen LogP contribution in [0, 0.1) is 0 Å². The van der Waals surface area contributed by atoms with Gasteiger partial charge in [-0.2, -0.15) is 0 Å². The minimum Gasteiger partial charge on any atom is -0.504 e. The van der Waals surface area contributed by atoms with Crippen LogP contribution in [0.15, 0.2) is 67.0 Å². The zero-order chi connectivity index (χ0) is 18.5. The number of hydrogen-bond acceptors (Lipinski definition) is 4. The average molecular weight is 386 g/mol. The predicted octanol–water partition coefficient (Wildman–Crippen LogP) is 5.78. The lowest BCUT2D eigenvalue weighted by Gasteiger charge is -2.11. The van der Waals surface area contributed by atoms with E-state index in [1.165, 1.54) is 24.4 Å². The van der Waals surface area contributed by atoms with Crippen LogP contribution in [-0.2, 0) is 0 Å². The Labute approximate surface area is 160 Å². The number of pyridine rings is 1. The Bertz CT molecular complexity index is 972. The lowest BCUT2D eigenvalue weighted by molar-refractivity contribution is 0.104. The van der Waals surface area contributed by atoms with Gasteiger partial charge in [-0.05, 0) is 30.4 Å². The second-order valence-corrected chi connectivity index (χ2v) is 6.13. The summed E-state index contributed by atoms with van der Waals surface area (Å²) in [6, 6.07) is 13.2. The summed E-state index contributed by atoms with van der Waals surface area (Å²) >= 11 is 11.8. The van der Waals surface area contributed by atoms with Gasteiger partial charge in [-0.3, -0.25) is 9.78 Å². The standard InChI is InChI=1S/C20H13Cl2NO3/c21-15-10-18(25)20(11-16(15)22)26-19-6-2-1-4-13(19)7-8-17(24)14-5-3-9-23-12-14/h1-12,25H. The summed E-state index contributed by atoms with van der Waals surface area (Å²) in [5.74, 6) is 0.310. The summed E-state index contributed by atoms with van der Waals surface area (Å²) in [4.78, 5) is 16.1. The number of ether oxygens (including phenoxy) is 1. The van der Waals surface area contributed by atoms with Gasteiger partial charge in [-0.25, -0.2) is 0 Å². The van der Waals surface area contributed by atoms with Crippen LogP contribution < -0.4 is 4.74 Å². The number of phenols is 1. The Kier molecular flexibility index (Phi) is 5.56. The van der Waals surface area contributed by atoms with Crippen LogP contribution in [0.1, 0.15) is 15.9 Å². The number of para-hydroxylation sites is 1. The minimum absolute atomic E-state index is 0.135. The van der Waals surface area contributed by atoms with Gasteiger partial charge in [0.2, 0.25) is 0 Å². The molecule has 3 rings (SSSR count). The zero-order valence-electron chi connectivity index (χ0n) is 13.4. The lowest BCUT2D eigenvalue weighted by Crippen LogP contribution is -1.94. The van der Waals surface area contributed by atoms with Crippen LogP contribution in [0.3, 0.4) is 0 Å². The van der Waals surface area contributed by atoms with E-state index in [4.69, 9.17) is 27.9 Å². The first-order valence-electron chi connectivity index (χ1n) is 7.62. The number of rotatable bonds is 5. The summed E-state index contributed by atoms with van der Waals surface area (Å²) < 4.78 is 5.75. The smallest absolute Gasteiger partial charge is 0.187 e. The molecule has 1 heterocycles. The fourth-order valence-corrected chi connectivity index (χ4v) is 2.51. The highest BCUT2D eigenvalue weighted by Gasteiger charge is 2.11. The number of aromatic hydroxyl groups is 1. The van der Waals surface area contributed by atoms with Crippen molar-refractivity contribution in [3.8, 4) is 17.2 Å². The third-order valence-electron chi connectivity index (χ3n) is 3.50. The number of hydrogen-bond donors (Lipinski definition) is 1. The molecule has 26 heavy (non-hydrogen) atoms. The molecule has 0 fully saturated rings. The molecule has 6 heteroatoms. The molecule has 0 aliphatic rings. The normalized spacial score (nSPS) is 10.8. The van der Waals surface area contributed by atoms with Crippen molar-refractivity contribution in [1.82, 2.24) is 4.98 Å². The highest BCUT2D eigenvalue weighted by Crippen LogP contribution is 2.38. The average Bonchev–Trinajstić information content (AvgIpc) is 2.66. The molecule has 0 aliphatic heterocycles. The van der Waals surface area contributed by atoms with Gasteiger partial charge in [0, 0.05) is 35.7 Å². The first kappa shape index (κ1) is 18.0. The number of phenolic OH excluding ortho intramolecular Hbond substituents is 1. The number of allylic oxidation sites excluding steroid dienone is 1. The van der Waals surface area contributed by atoms with Crippen molar-refractivity contribution >= 4 is 35.1 Å². The van der Waals surface area contributed by atoms with Crippen molar-refractivity contribution in [1.29, 1.82) is 0 Å². The third-order valence-corrected chi connectivity index (χ3v) is 4.22. The maximum absolute atomic E-state index is 12.2. The van der Waals surface area contributed by atoms with Crippen molar-refractivity contribution < 1.29 is 14.6 Å². The van der Waals surface area contributed by atoms with E-state index in [1.54, 1.807) is 42.6 Å². The van der Waals surface area contributed by atoms with Gasteiger partial charge >= 0.3 is 0 Å². The zero-order valence-corrected chi connectivity index (χ0v) is 14.9. The molecule has 0 saturated carbocycles. The number of ketones is 1. The van der Waals surface area contributed by atoms with E-state index in [0.717, 1.165) is 0 Å². The number of aromatic nitrogens is 1. The van der Waals surface area contributed by atoms with Crippen LogP contribution in [0.25, 0.3) is 6.08 Å². The van der Waals surface area contributed by atoms with Gasteiger partial charge in [0.25, 0.3) is 0 Å². The quantitative estimate of drug-likeness (QED) is 0.446. The highest BCUT2D eigenvalue weighted by molar-refractivity contribution is 6.42. The van der Waals surface area contributed by atoms with Crippen molar-refractivity contribution in [3.63, 3.8) is 0 Å². The largest absolute Gasteiger partial charge is 0.504 e. The molecule has 2 aromatic carbocycles. The van der Waals surface area contributed by atoms with Gasteiger partial charge in [-0.15, -0.1) is 0 Å². The van der Waals surface area contributed by atoms with Gasteiger partial charge in [0.1, 0.15) is 5.75 Å². The summed E-state index contributed by atoms with van der Waals surface area (Å²) in [7, 11) is 0. The van der Waals surface area contributed by atoms with Crippen molar-refractivity contribution in [3.05, 3.63) is 88.2 Å². The first-order chi connectivity index (χ1) is 12.5. The Morgan fingerprint density at radius 1 is 1.04 bits per heavy atom. The first-order valence-corrected chi connectivity index (χ1v) is 8.37. The van der Waals surface area contributed by atoms with Crippen LogP contribution in [0.4, 0.5) is 0 Å². The SMILES string of the molecule is O=C(C=Cc1ccccc1Oc1cc(Cl)c(Cl)cc1O)c1cccnc1. The molecule has 0 unspecified atom stereocenters. The molecular weight excluding hydrogens is 373 g/mol. The fourth-order valence-electron chi connectivity index (χ4n) is 2.20. The molecule has 0 radical (unpaired) electrons. The molecule has 0 atom stereocenters. The second-order valence-electron chi connectivity index (χ2n) is 5.31. The summed E-state index contributed by atoms with van der Waals surface area (Å²) in [6.45, 7) is 0. The number of nitrogens with zero attached hydrogens (tertiary/aromatic N) is 1. The van der Waals surface area contributed by atoms with E-state index in [1.807, 2.05) is 6.07 Å². The minimum atomic E-state index is -0.176. The van der Waals surface area contributed by atoms with E-state index in [9.17, 15) is 9.90 Å². The number of carbonyl (C=O) groups excluding carboxylic acids is 1. The van der Waals surface area contributed by atoms with Gasteiger partial charge in [-0.1, -0.05) is 41.4 Å². The Morgan fingerprint density at radius 2 is 1.81 bits per heavy atom. The molecule has 0 spiro atoms. The summed E-state index contributed by atoms with van der Waals surface area (Å²) in [6.07, 6.45) is 6.18. The Hall–Kier alpha value is -2.82. The predicted molar refractivity (Wildman–Crippen MR) is 102 cm³/mol. The van der Waals surface area contributed by atoms with E-state index in [2.05, 4.69) is 4.98 Å². The topological polar surface area (TPSA) is 59.4 Å². The second kappa shape index (κ2) is 8.04. The summed E-state index contributed by atoms with van der Waals surface area (Å²) in [5, 5.41) is 10.5. The van der Waals surface area contributed by atoms with Crippen LogP contribution in [-0.4, -0.2) is 15.9 Å². The highest BCUT2D eigenvalue weighted by atomic mass is 35.5. The molecule has 4 nitrogen and oxygen atoms in total. The fraction of sp³-hybridized carbons (Fsp3) is 0. The maximum atomic E-state index is 12.2. The molecular formula is C20H13Cl2NO3. The molecule has 130 valence electrons. The van der Waals surface area contributed by atoms with E-state index < -0.39 is 0 Å². The maximum Gasteiger partial charge on any atom is 0.187 e. The lowest BCUT2D eigenvalue weighted by atomic mass is 10.1. The molecule has 0 aliphatic carbocycles. The van der Waals surface area contributed by atoms with E-state index in [0.29, 0.717) is 16.9 Å². The molecule has 0 bridgehead atoms. The van der Waals surface area contributed by atoms with Crippen LogP contribution in [0.2, 0.25) is 10.0 Å². The number of halogens is 2. The number of benzene rings is 2. The van der Waals surface area contributed by atoms with Crippen molar-refractivity contribution in [2.45, 2.75) is 0 Å². The van der Waals surface area contributed by atoms with E-state index >= 15 is 0 Å². The molecule has 0 amide bonds. The Morgan fingerprint density at radius 3 is 2.58 bits per heavy atom. The molecule has 1 aromatic heterocycles. The van der Waals surface area contributed by atoms with E-state index in [-0.39, 0.29) is 27.3 Å². The molecule has 1 N–H and O–H groups in total. The van der Waals surface area contributed by atoms with Gasteiger partial charge in [0.05, 0.1) is 10.0 Å². The van der Waals surface area contributed by atoms with Crippen molar-refractivity contribution in [2.75, 3.05) is 0 Å². The number of carbonyl (C=O) groups is 1. The van der Waals surface area contributed by atoms with Gasteiger partial charge < -0.3 is 9.84 Å². The van der Waals surface area contributed by atoms with Crippen molar-refractivity contribution in [2.24, 2.45) is 0 Å².